The topological polar surface area (TPSA) is 34.9 Å². The average Bonchev–Trinajstić information content (AvgIpc) is 3.15. The van der Waals surface area contributed by atoms with Crippen molar-refractivity contribution in [3.8, 4) is 17.5 Å². The van der Waals surface area contributed by atoms with E-state index in [-0.39, 0.29) is 5.56 Å². The Morgan fingerprint density at radius 2 is 1.85 bits per heavy atom. The van der Waals surface area contributed by atoms with Crippen LogP contribution in [0.3, 0.4) is 0 Å². The Bertz CT molecular complexity index is 1220. The maximum absolute atomic E-state index is 13.0. The molecule has 0 atom stereocenters. The first-order chi connectivity index (χ1) is 12.6. The first kappa shape index (κ1) is 16.3. The van der Waals surface area contributed by atoms with Crippen molar-refractivity contribution >= 4 is 22.2 Å². The molecule has 0 radical (unpaired) electrons. The number of rotatable bonds is 1. The largest absolute Gasteiger partial charge is 0.268 e. The van der Waals surface area contributed by atoms with Gasteiger partial charge in [0.15, 0.2) is 0 Å². The molecule has 2 aromatic carbocycles. The lowest BCUT2D eigenvalue weighted by Crippen LogP contribution is -2.23. The first-order valence-corrected chi connectivity index (χ1v) is 9.16. The highest BCUT2D eigenvalue weighted by Crippen LogP contribution is 2.17. The zero-order valence-electron chi connectivity index (χ0n) is 14.5. The molecule has 4 rings (SSSR count). The van der Waals surface area contributed by atoms with Gasteiger partial charge >= 0.3 is 0 Å². The molecule has 4 aromatic rings. The van der Waals surface area contributed by atoms with Gasteiger partial charge in [0.2, 0.25) is 0 Å². The van der Waals surface area contributed by atoms with Gasteiger partial charge in [-0.05, 0) is 61.2 Å². The molecule has 0 bridgehead atoms. The molecule has 0 aliphatic heterocycles. The summed E-state index contributed by atoms with van der Waals surface area (Å²) in [6, 6.07) is 17.3. The molecule has 0 amide bonds. The summed E-state index contributed by atoms with van der Waals surface area (Å²) in [5.74, 6) is 7.02. The minimum atomic E-state index is -0.0476. The van der Waals surface area contributed by atoms with E-state index in [1.807, 2.05) is 73.8 Å². The number of para-hydroxylation sites is 1. The number of hydrogen-bond acceptors (Lipinski definition) is 3. The summed E-state index contributed by atoms with van der Waals surface area (Å²) in [7, 11) is 0. The second-order valence-electron chi connectivity index (χ2n) is 6.05. The number of aryl methyl sites for hydroxylation is 2. The second kappa shape index (κ2) is 6.62. The Morgan fingerprint density at radius 1 is 1.00 bits per heavy atom. The van der Waals surface area contributed by atoms with Gasteiger partial charge in [-0.2, -0.15) is 0 Å². The highest BCUT2D eigenvalue weighted by atomic mass is 32.1. The summed E-state index contributed by atoms with van der Waals surface area (Å²) in [5.41, 5.74) is 3.44. The smallest absolute Gasteiger partial charge is 0.265 e. The fourth-order valence-corrected chi connectivity index (χ4v) is 3.57. The molecule has 0 fully saturated rings. The van der Waals surface area contributed by atoms with Crippen molar-refractivity contribution in [2.24, 2.45) is 0 Å². The molecule has 0 saturated carbocycles. The van der Waals surface area contributed by atoms with Crippen LogP contribution in [0.25, 0.3) is 16.6 Å². The Kier molecular flexibility index (Phi) is 4.16. The molecular weight excluding hydrogens is 340 g/mol. The molecule has 2 aromatic heterocycles. The molecule has 2 heterocycles. The summed E-state index contributed by atoms with van der Waals surface area (Å²) >= 11 is 1.62. The van der Waals surface area contributed by atoms with Gasteiger partial charge in [0.05, 0.1) is 21.5 Å². The SMILES string of the molecule is Cc1cc(C#Cc2cccs2)ccc1-n1c(C)nc2ccccc2c1=O. The maximum Gasteiger partial charge on any atom is 0.265 e. The standard InChI is InChI=1S/C22H16N2OS/c1-15-14-17(9-11-18-6-5-13-26-18)10-12-21(15)24-16(2)23-20-8-4-3-7-19(20)22(24)25/h3-8,10,12-14H,1-2H3. The highest BCUT2D eigenvalue weighted by molar-refractivity contribution is 7.10. The number of benzene rings is 2. The van der Waals surface area contributed by atoms with Crippen LogP contribution in [0.2, 0.25) is 0 Å². The third-order valence-corrected chi connectivity index (χ3v) is 5.02. The second-order valence-corrected chi connectivity index (χ2v) is 6.99. The highest BCUT2D eigenvalue weighted by Gasteiger charge is 2.11. The van der Waals surface area contributed by atoms with Crippen LogP contribution < -0.4 is 5.56 Å². The van der Waals surface area contributed by atoms with Crippen LogP contribution in [0.4, 0.5) is 0 Å². The Balaban J connectivity index is 1.82. The lowest BCUT2D eigenvalue weighted by atomic mass is 10.1. The molecule has 0 aliphatic carbocycles. The molecule has 4 heteroatoms. The van der Waals surface area contributed by atoms with Gasteiger partial charge in [-0.3, -0.25) is 9.36 Å². The van der Waals surface area contributed by atoms with Gasteiger partial charge in [-0.1, -0.05) is 30.0 Å². The number of thiophene rings is 1. The van der Waals surface area contributed by atoms with Crippen molar-refractivity contribution in [2.75, 3.05) is 0 Å². The van der Waals surface area contributed by atoms with Crippen LogP contribution in [0.5, 0.6) is 0 Å². The molecule has 0 aliphatic rings. The van der Waals surface area contributed by atoms with Crippen molar-refractivity contribution in [1.29, 1.82) is 0 Å². The van der Waals surface area contributed by atoms with E-state index < -0.39 is 0 Å². The zero-order valence-corrected chi connectivity index (χ0v) is 15.3. The van der Waals surface area contributed by atoms with Crippen LogP contribution in [0, 0.1) is 25.7 Å². The van der Waals surface area contributed by atoms with Crippen LogP contribution in [-0.4, -0.2) is 9.55 Å². The van der Waals surface area contributed by atoms with Crippen LogP contribution in [-0.2, 0) is 0 Å². The van der Waals surface area contributed by atoms with Crippen molar-refractivity contribution < 1.29 is 0 Å². The number of hydrogen-bond donors (Lipinski definition) is 0. The molecule has 0 spiro atoms. The lowest BCUT2D eigenvalue weighted by Gasteiger charge is -2.13. The van der Waals surface area contributed by atoms with Crippen molar-refractivity contribution in [1.82, 2.24) is 9.55 Å². The maximum atomic E-state index is 13.0. The number of nitrogens with zero attached hydrogens (tertiary/aromatic N) is 2. The molecule has 126 valence electrons. The van der Waals surface area contributed by atoms with E-state index in [1.165, 1.54) is 0 Å². The van der Waals surface area contributed by atoms with E-state index in [0.29, 0.717) is 11.2 Å². The molecule has 0 N–H and O–H groups in total. The minimum Gasteiger partial charge on any atom is -0.268 e. The first-order valence-electron chi connectivity index (χ1n) is 8.28. The van der Waals surface area contributed by atoms with E-state index in [1.54, 1.807) is 15.9 Å². The van der Waals surface area contributed by atoms with E-state index in [4.69, 9.17) is 0 Å². The van der Waals surface area contributed by atoms with Gasteiger partial charge in [0.25, 0.3) is 5.56 Å². The molecule has 0 saturated heterocycles. The summed E-state index contributed by atoms with van der Waals surface area (Å²) in [4.78, 5) is 18.6. The fraction of sp³-hybridized carbons (Fsp3) is 0.0909. The van der Waals surface area contributed by atoms with E-state index >= 15 is 0 Å². The van der Waals surface area contributed by atoms with Crippen molar-refractivity contribution in [3.05, 3.63) is 92.2 Å². The molecular formula is C22H16N2OS. The molecule has 0 unspecified atom stereocenters. The van der Waals surface area contributed by atoms with E-state index in [0.717, 1.165) is 27.2 Å². The Hall–Kier alpha value is -3.16. The molecule has 3 nitrogen and oxygen atoms in total. The quantitative estimate of drug-likeness (QED) is 0.472. The zero-order chi connectivity index (χ0) is 18.1. The lowest BCUT2D eigenvalue weighted by molar-refractivity contribution is 0.887. The fourth-order valence-electron chi connectivity index (χ4n) is 2.99. The molecule has 26 heavy (non-hydrogen) atoms. The summed E-state index contributed by atoms with van der Waals surface area (Å²) in [5, 5.41) is 2.64. The van der Waals surface area contributed by atoms with Gasteiger partial charge in [0.1, 0.15) is 5.82 Å². The van der Waals surface area contributed by atoms with Gasteiger partial charge in [-0.15, -0.1) is 11.3 Å². The average molecular weight is 356 g/mol. The van der Waals surface area contributed by atoms with E-state index in [9.17, 15) is 4.79 Å². The van der Waals surface area contributed by atoms with Gasteiger partial charge in [-0.25, -0.2) is 4.98 Å². The Labute approximate surface area is 155 Å². The number of fused-ring (bicyclic) bond motifs is 1. The predicted octanol–water partition coefficient (Wildman–Crippen LogP) is 4.46. The third-order valence-electron chi connectivity index (χ3n) is 4.23. The van der Waals surface area contributed by atoms with Crippen molar-refractivity contribution in [3.63, 3.8) is 0 Å². The van der Waals surface area contributed by atoms with Gasteiger partial charge in [0, 0.05) is 5.56 Å². The minimum absolute atomic E-state index is 0.0476. The Morgan fingerprint density at radius 3 is 2.62 bits per heavy atom. The van der Waals surface area contributed by atoms with Crippen LogP contribution in [0.1, 0.15) is 21.8 Å². The van der Waals surface area contributed by atoms with Crippen LogP contribution in [0.15, 0.2) is 64.8 Å². The number of aromatic nitrogens is 2. The van der Waals surface area contributed by atoms with Crippen LogP contribution >= 0.6 is 11.3 Å². The van der Waals surface area contributed by atoms with E-state index in [2.05, 4.69) is 16.8 Å². The van der Waals surface area contributed by atoms with Crippen molar-refractivity contribution in [2.45, 2.75) is 13.8 Å². The monoisotopic (exact) mass is 356 g/mol. The van der Waals surface area contributed by atoms with Gasteiger partial charge < -0.3 is 0 Å². The summed E-state index contributed by atoms with van der Waals surface area (Å²) in [6.45, 7) is 3.85. The normalized spacial score (nSPS) is 10.5. The predicted molar refractivity (Wildman–Crippen MR) is 107 cm³/mol. The summed E-state index contributed by atoms with van der Waals surface area (Å²) < 4.78 is 1.67. The summed E-state index contributed by atoms with van der Waals surface area (Å²) in [6.07, 6.45) is 0. The third kappa shape index (κ3) is 2.94.